The third-order valence-electron chi connectivity index (χ3n) is 2.39. The molecule has 0 saturated carbocycles. The van der Waals surface area contributed by atoms with Crippen molar-refractivity contribution in [3.8, 4) is 0 Å². The molecule has 78 valence electrons. The Bertz CT molecular complexity index is 390. The molecule has 0 bridgehead atoms. The Morgan fingerprint density at radius 3 is 2.60 bits per heavy atom. The maximum Gasteiger partial charge on any atom is 0.0384 e. The van der Waals surface area contributed by atoms with Gasteiger partial charge in [-0.1, -0.05) is 52.4 Å². The minimum Gasteiger partial charge on any atom is -0.356 e. The van der Waals surface area contributed by atoms with Crippen molar-refractivity contribution in [2.24, 2.45) is 0 Å². The van der Waals surface area contributed by atoms with E-state index in [1.54, 1.807) is 0 Å². The maximum atomic E-state index is 3.40. The molecule has 1 aromatic rings. The number of halogens is 1. The summed E-state index contributed by atoms with van der Waals surface area (Å²) in [6.07, 6.45) is 7.75. The number of aryl methyl sites for hydroxylation is 1. The van der Waals surface area contributed by atoms with E-state index < -0.39 is 0 Å². The van der Waals surface area contributed by atoms with E-state index in [0.29, 0.717) is 3.92 Å². The van der Waals surface area contributed by atoms with Crippen LogP contribution in [0.4, 0.5) is 5.69 Å². The summed E-state index contributed by atoms with van der Waals surface area (Å²) in [6, 6.07) is 8.47. The molecule has 1 aliphatic rings. The lowest BCUT2D eigenvalue weighted by Gasteiger charge is -2.13. The fourth-order valence-corrected chi connectivity index (χ4v) is 1.95. The van der Waals surface area contributed by atoms with Crippen LogP contribution in [0.3, 0.4) is 0 Å². The van der Waals surface area contributed by atoms with Crippen LogP contribution >= 0.6 is 22.6 Å². The van der Waals surface area contributed by atoms with Crippen LogP contribution < -0.4 is 5.32 Å². The second-order valence-electron chi connectivity index (χ2n) is 3.76. The van der Waals surface area contributed by atoms with Gasteiger partial charge in [0.1, 0.15) is 0 Å². The Balaban J connectivity index is 2.04. The lowest BCUT2D eigenvalue weighted by atomic mass is 10.1. The van der Waals surface area contributed by atoms with Gasteiger partial charge in [-0.3, -0.25) is 0 Å². The summed E-state index contributed by atoms with van der Waals surface area (Å²) < 4.78 is 0.645. The van der Waals surface area contributed by atoms with Crippen LogP contribution in [-0.2, 0) is 0 Å². The average molecular weight is 311 g/mol. The van der Waals surface area contributed by atoms with E-state index in [9.17, 15) is 0 Å². The summed E-state index contributed by atoms with van der Waals surface area (Å²) in [6.45, 7) is 2.10. The van der Waals surface area contributed by atoms with Crippen molar-refractivity contribution in [2.45, 2.75) is 17.3 Å². The summed E-state index contributed by atoms with van der Waals surface area (Å²) in [4.78, 5) is 0. The van der Waals surface area contributed by atoms with Gasteiger partial charge in [-0.25, -0.2) is 0 Å². The highest BCUT2D eigenvalue weighted by atomic mass is 127. The molecular formula is C13H14IN. The third-order valence-corrected chi connectivity index (χ3v) is 3.31. The zero-order chi connectivity index (χ0) is 10.7. The summed E-state index contributed by atoms with van der Waals surface area (Å²) >= 11 is 2.44. The number of allylic oxidation sites excluding steroid dienone is 3. The summed E-state index contributed by atoms with van der Waals surface area (Å²) in [5, 5.41) is 3.40. The van der Waals surface area contributed by atoms with Crippen molar-refractivity contribution in [3.05, 3.63) is 53.8 Å². The summed E-state index contributed by atoms with van der Waals surface area (Å²) in [5.41, 5.74) is 3.65. The molecule has 2 rings (SSSR count). The number of alkyl halides is 1. The molecule has 15 heavy (non-hydrogen) atoms. The topological polar surface area (TPSA) is 12.0 Å². The van der Waals surface area contributed by atoms with Gasteiger partial charge < -0.3 is 5.32 Å². The van der Waals surface area contributed by atoms with Crippen molar-refractivity contribution in [1.29, 1.82) is 0 Å². The van der Waals surface area contributed by atoms with Gasteiger partial charge in [0.05, 0.1) is 0 Å². The van der Waals surface area contributed by atoms with Crippen LogP contribution in [-0.4, -0.2) is 3.92 Å². The Kier molecular flexibility index (Phi) is 3.46. The van der Waals surface area contributed by atoms with E-state index in [0.717, 1.165) is 12.1 Å². The Hall–Kier alpha value is -0.770. The van der Waals surface area contributed by atoms with E-state index in [2.05, 4.69) is 77.3 Å². The Morgan fingerprint density at radius 2 is 2.00 bits per heavy atom. The summed E-state index contributed by atoms with van der Waals surface area (Å²) in [7, 11) is 0. The average Bonchev–Trinajstić information content (AvgIpc) is 2.25. The molecule has 0 spiro atoms. The highest BCUT2D eigenvalue weighted by Gasteiger charge is 2.04. The maximum absolute atomic E-state index is 3.40. The van der Waals surface area contributed by atoms with E-state index >= 15 is 0 Å². The lowest BCUT2D eigenvalue weighted by molar-refractivity contribution is 1.07. The SMILES string of the molecule is Cc1ccc(NC2=CC[C@@H](I)C=C2)cc1. The molecule has 1 aliphatic carbocycles. The predicted octanol–water partition coefficient (Wildman–Crippen LogP) is 4.05. The minimum absolute atomic E-state index is 0.645. The van der Waals surface area contributed by atoms with Crippen molar-refractivity contribution in [2.75, 3.05) is 5.32 Å². The van der Waals surface area contributed by atoms with E-state index in [4.69, 9.17) is 0 Å². The molecule has 1 nitrogen and oxygen atoms in total. The molecule has 0 aromatic heterocycles. The zero-order valence-electron chi connectivity index (χ0n) is 8.70. The normalized spacial score (nSPS) is 19.9. The molecule has 0 saturated heterocycles. The number of nitrogens with one attached hydrogen (secondary N) is 1. The minimum atomic E-state index is 0.645. The number of hydrogen-bond acceptors (Lipinski definition) is 1. The second-order valence-corrected chi connectivity index (χ2v) is 5.36. The molecule has 0 heterocycles. The molecule has 0 amide bonds. The van der Waals surface area contributed by atoms with Gasteiger partial charge in [0.25, 0.3) is 0 Å². The van der Waals surface area contributed by atoms with Crippen LogP contribution in [0.5, 0.6) is 0 Å². The molecule has 0 fully saturated rings. The second kappa shape index (κ2) is 4.84. The highest BCUT2D eigenvalue weighted by Crippen LogP contribution is 2.19. The molecule has 1 N–H and O–H groups in total. The number of benzene rings is 1. The summed E-state index contributed by atoms with van der Waals surface area (Å²) in [5.74, 6) is 0. The third kappa shape index (κ3) is 3.09. The van der Waals surface area contributed by atoms with Crippen molar-refractivity contribution >= 4 is 28.3 Å². The van der Waals surface area contributed by atoms with Crippen LogP contribution in [0.15, 0.2) is 48.2 Å². The van der Waals surface area contributed by atoms with E-state index in [1.165, 1.54) is 11.3 Å². The fourth-order valence-electron chi connectivity index (χ4n) is 1.49. The zero-order valence-corrected chi connectivity index (χ0v) is 10.9. The van der Waals surface area contributed by atoms with Gasteiger partial charge in [0, 0.05) is 15.3 Å². The first-order valence-electron chi connectivity index (χ1n) is 5.10. The molecule has 1 aromatic carbocycles. The molecule has 1 atom stereocenters. The first-order chi connectivity index (χ1) is 7.24. The van der Waals surface area contributed by atoms with Gasteiger partial charge in [-0.15, -0.1) is 0 Å². The molecular weight excluding hydrogens is 297 g/mol. The van der Waals surface area contributed by atoms with Gasteiger partial charge in [0.15, 0.2) is 0 Å². The lowest BCUT2D eigenvalue weighted by Crippen LogP contribution is -2.03. The Labute approximate surface area is 104 Å². The highest BCUT2D eigenvalue weighted by molar-refractivity contribution is 14.1. The van der Waals surface area contributed by atoms with Crippen molar-refractivity contribution in [1.82, 2.24) is 0 Å². The molecule has 2 heteroatoms. The van der Waals surface area contributed by atoms with Gasteiger partial charge in [-0.05, 0) is 31.6 Å². The van der Waals surface area contributed by atoms with Crippen LogP contribution in [0.1, 0.15) is 12.0 Å². The van der Waals surface area contributed by atoms with Gasteiger partial charge >= 0.3 is 0 Å². The first-order valence-corrected chi connectivity index (χ1v) is 6.35. The molecule has 0 radical (unpaired) electrons. The van der Waals surface area contributed by atoms with Crippen LogP contribution in [0.2, 0.25) is 0 Å². The smallest absolute Gasteiger partial charge is 0.0384 e. The number of rotatable bonds is 2. The quantitative estimate of drug-likeness (QED) is 0.642. The molecule has 0 unspecified atom stereocenters. The first kappa shape index (κ1) is 10.7. The monoisotopic (exact) mass is 311 g/mol. The van der Waals surface area contributed by atoms with Crippen molar-refractivity contribution < 1.29 is 0 Å². The van der Waals surface area contributed by atoms with Crippen LogP contribution in [0, 0.1) is 6.92 Å². The van der Waals surface area contributed by atoms with Crippen molar-refractivity contribution in [3.63, 3.8) is 0 Å². The number of anilines is 1. The largest absolute Gasteiger partial charge is 0.356 e. The van der Waals surface area contributed by atoms with E-state index in [1.807, 2.05) is 0 Å². The van der Waals surface area contributed by atoms with Crippen LogP contribution in [0.25, 0.3) is 0 Å². The van der Waals surface area contributed by atoms with Gasteiger partial charge in [-0.2, -0.15) is 0 Å². The Morgan fingerprint density at radius 1 is 1.27 bits per heavy atom. The van der Waals surface area contributed by atoms with E-state index in [-0.39, 0.29) is 0 Å². The fraction of sp³-hybridized carbons (Fsp3) is 0.231. The molecule has 0 aliphatic heterocycles. The van der Waals surface area contributed by atoms with Gasteiger partial charge in [0.2, 0.25) is 0 Å². The standard InChI is InChI=1S/C13H14IN/c1-10-2-6-12(7-3-10)15-13-8-4-11(14)5-9-13/h2-4,6-9,11,15H,5H2,1H3/t11-/m0/s1. The predicted molar refractivity (Wildman–Crippen MR) is 74.4 cm³/mol. The number of hydrogen-bond donors (Lipinski definition) is 1.